The lowest BCUT2D eigenvalue weighted by Crippen LogP contribution is -2.04. The van der Waals surface area contributed by atoms with Crippen molar-refractivity contribution >= 4 is 56.2 Å². The molecular weight excluding hydrogens is 409 g/mol. The van der Waals surface area contributed by atoms with E-state index in [0.29, 0.717) is 12.4 Å². The maximum absolute atomic E-state index is 5.96. The lowest BCUT2D eigenvalue weighted by Gasteiger charge is -2.09. The predicted octanol–water partition coefficient (Wildman–Crippen LogP) is 4.27. The summed E-state index contributed by atoms with van der Waals surface area (Å²) in [5.41, 5.74) is 2.05. The normalized spacial score (nSPS) is 10.9. The van der Waals surface area contributed by atoms with E-state index in [0.717, 1.165) is 24.9 Å². The zero-order chi connectivity index (χ0) is 14.1. The maximum Gasteiger partial charge on any atom is 0.238 e. The molecule has 0 aliphatic heterocycles. The molecular formula is C13H11ClIN3OS. The van der Waals surface area contributed by atoms with E-state index in [-0.39, 0.29) is 0 Å². The summed E-state index contributed by atoms with van der Waals surface area (Å²) in [4.78, 5) is 5.37. The van der Waals surface area contributed by atoms with Crippen LogP contribution in [0, 0.1) is 3.57 Å². The van der Waals surface area contributed by atoms with E-state index in [9.17, 15) is 0 Å². The van der Waals surface area contributed by atoms with Crippen LogP contribution in [0.3, 0.4) is 0 Å². The lowest BCUT2D eigenvalue weighted by molar-refractivity contribution is 0.395. The number of thiazole rings is 1. The highest BCUT2D eigenvalue weighted by molar-refractivity contribution is 14.1. The Morgan fingerprint density at radius 3 is 3.10 bits per heavy atom. The molecule has 0 unspecified atom stereocenters. The average molecular weight is 420 g/mol. The Bertz CT molecular complexity index is 755. The van der Waals surface area contributed by atoms with Gasteiger partial charge in [0.15, 0.2) is 4.96 Å². The molecule has 0 spiro atoms. The highest BCUT2D eigenvalue weighted by Crippen LogP contribution is 2.26. The Labute approximate surface area is 138 Å². The molecule has 1 aromatic carbocycles. The molecule has 3 rings (SSSR count). The molecule has 0 amide bonds. The minimum atomic E-state index is 0.638. The molecule has 3 aromatic rings. The fraction of sp³-hybridized carbons (Fsp3) is 0.154. The first-order chi connectivity index (χ1) is 9.69. The number of methoxy groups -OCH3 is 1. The molecule has 0 atom stereocenters. The van der Waals surface area contributed by atoms with Gasteiger partial charge in [-0.25, -0.2) is 0 Å². The predicted molar refractivity (Wildman–Crippen MR) is 91.1 cm³/mol. The minimum absolute atomic E-state index is 0.638. The van der Waals surface area contributed by atoms with Gasteiger partial charge >= 0.3 is 0 Å². The number of benzene rings is 1. The molecule has 0 aliphatic carbocycles. The van der Waals surface area contributed by atoms with Crippen molar-refractivity contribution in [3.63, 3.8) is 0 Å². The van der Waals surface area contributed by atoms with Gasteiger partial charge in [0.1, 0.15) is 5.69 Å². The number of ether oxygens (including phenoxy) is 1. The van der Waals surface area contributed by atoms with Crippen molar-refractivity contribution in [1.29, 1.82) is 0 Å². The number of nitrogens with zero attached hydrogens (tertiary/aromatic N) is 2. The molecule has 0 aliphatic rings. The van der Waals surface area contributed by atoms with Crippen molar-refractivity contribution in [1.82, 2.24) is 9.38 Å². The zero-order valence-corrected chi connectivity index (χ0v) is 14.3. The summed E-state index contributed by atoms with van der Waals surface area (Å²) >= 11 is 9.82. The van der Waals surface area contributed by atoms with Gasteiger partial charge in [0, 0.05) is 25.9 Å². The number of fused-ring (bicyclic) bond motifs is 1. The van der Waals surface area contributed by atoms with Crippen LogP contribution in [-0.2, 0) is 6.54 Å². The Kier molecular flexibility index (Phi) is 4.04. The van der Waals surface area contributed by atoms with Crippen LogP contribution in [0.2, 0.25) is 5.02 Å². The van der Waals surface area contributed by atoms with Crippen LogP contribution in [0.15, 0.2) is 29.8 Å². The van der Waals surface area contributed by atoms with Gasteiger partial charge < -0.3 is 10.1 Å². The molecule has 2 heterocycles. The molecule has 20 heavy (non-hydrogen) atoms. The third-order valence-electron chi connectivity index (χ3n) is 2.90. The van der Waals surface area contributed by atoms with E-state index in [1.165, 1.54) is 0 Å². The second-order valence-corrected chi connectivity index (χ2v) is 6.57. The summed E-state index contributed by atoms with van der Waals surface area (Å²) in [7, 11) is 1.64. The first-order valence-electron chi connectivity index (χ1n) is 5.86. The van der Waals surface area contributed by atoms with E-state index in [1.54, 1.807) is 18.4 Å². The van der Waals surface area contributed by atoms with Gasteiger partial charge in [0.05, 0.1) is 13.7 Å². The van der Waals surface area contributed by atoms with Crippen LogP contribution in [0.4, 0.5) is 5.69 Å². The smallest absolute Gasteiger partial charge is 0.238 e. The van der Waals surface area contributed by atoms with Gasteiger partial charge in [-0.1, -0.05) is 11.6 Å². The van der Waals surface area contributed by atoms with Crippen molar-refractivity contribution in [2.75, 3.05) is 12.4 Å². The summed E-state index contributed by atoms with van der Waals surface area (Å²) in [5.74, 6) is 0.660. The monoisotopic (exact) mass is 419 g/mol. The van der Waals surface area contributed by atoms with Crippen molar-refractivity contribution in [3.05, 3.63) is 44.1 Å². The molecule has 0 radical (unpaired) electrons. The van der Waals surface area contributed by atoms with E-state index in [2.05, 4.69) is 32.9 Å². The number of halogens is 2. The topological polar surface area (TPSA) is 38.6 Å². The van der Waals surface area contributed by atoms with Crippen molar-refractivity contribution in [3.8, 4) is 5.88 Å². The second-order valence-electron chi connectivity index (χ2n) is 4.10. The first-order valence-corrected chi connectivity index (χ1v) is 8.20. The second kappa shape index (κ2) is 5.79. The van der Waals surface area contributed by atoms with Crippen LogP contribution in [0.5, 0.6) is 5.88 Å². The van der Waals surface area contributed by atoms with E-state index in [4.69, 9.17) is 16.3 Å². The zero-order valence-electron chi connectivity index (χ0n) is 10.6. The molecule has 4 nitrogen and oxygen atoms in total. The summed E-state index contributed by atoms with van der Waals surface area (Å²) in [5, 5.41) is 6.15. The number of rotatable bonds is 4. The third-order valence-corrected chi connectivity index (χ3v) is 4.78. The summed E-state index contributed by atoms with van der Waals surface area (Å²) in [6.07, 6.45) is 2.00. The highest BCUT2D eigenvalue weighted by atomic mass is 127. The van der Waals surface area contributed by atoms with Gasteiger partial charge in [-0.3, -0.25) is 4.40 Å². The quantitative estimate of drug-likeness (QED) is 0.642. The Morgan fingerprint density at radius 1 is 1.50 bits per heavy atom. The fourth-order valence-electron chi connectivity index (χ4n) is 1.95. The number of hydrogen-bond acceptors (Lipinski definition) is 4. The number of hydrogen-bond donors (Lipinski definition) is 1. The Hall–Kier alpha value is -0.990. The van der Waals surface area contributed by atoms with Crippen molar-refractivity contribution in [2.45, 2.75) is 6.54 Å². The Balaban J connectivity index is 1.87. The van der Waals surface area contributed by atoms with E-state index >= 15 is 0 Å². The largest absolute Gasteiger partial charge is 0.480 e. The number of anilines is 1. The molecule has 104 valence electrons. The number of aromatic nitrogens is 2. The van der Waals surface area contributed by atoms with Gasteiger partial charge in [-0.2, -0.15) is 4.98 Å². The number of nitrogens with one attached hydrogen (secondary N) is 1. The molecule has 0 saturated heterocycles. The first kappa shape index (κ1) is 14.0. The van der Waals surface area contributed by atoms with Crippen LogP contribution in [-0.4, -0.2) is 16.5 Å². The third kappa shape index (κ3) is 2.59. The highest BCUT2D eigenvalue weighted by Gasteiger charge is 2.13. The lowest BCUT2D eigenvalue weighted by atomic mass is 10.3. The summed E-state index contributed by atoms with van der Waals surface area (Å²) < 4.78 is 8.46. The van der Waals surface area contributed by atoms with Gasteiger partial charge in [-0.05, 0) is 40.8 Å². The van der Waals surface area contributed by atoms with Gasteiger partial charge in [0.25, 0.3) is 0 Å². The maximum atomic E-state index is 5.96. The van der Waals surface area contributed by atoms with Crippen molar-refractivity contribution in [2.24, 2.45) is 0 Å². The number of imidazole rings is 1. The van der Waals surface area contributed by atoms with Crippen LogP contribution in [0.1, 0.15) is 5.69 Å². The average Bonchev–Trinajstić information content (AvgIpc) is 2.98. The molecule has 0 fully saturated rings. The van der Waals surface area contributed by atoms with Gasteiger partial charge in [-0.15, -0.1) is 11.3 Å². The fourth-order valence-corrected chi connectivity index (χ4v) is 3.74. The van der Waals surface area contributed by atoms with Crippen molar-refractivity contribution < 1.29 is 4.74 Å². The van der Waals surface area contributed by atoms with E-state index in [1.807, 2.05) is 34.2 Å². The summed E-state index contributed by atoms with van der Waals surface area (Å²) in [6, 6.07) is 5.78. The SMILES string of the molecule is COc1nc2sccn2c1CNc1ccc(Cl)cc1I. The van der Waals surface area contributed by atoms with Crippen LogP contribution >= 0.6 is 45.5 Å². The standard InChI is InChI=1S/C13H11ClIN3OS/c1-19-12-11(18-4-5-20-13(18)17-12)7-16-10-3-2-8(14)6-9(10)15/h2-6,16H,7H2,1H3. The molecule has 7 heteroatoms. The molecule has 1 N–H and O–H groups in total. The van der Waals surface area contributed by atoms with Crippen LogP contribution < -0.4 is 10.1 Å². The van der Waals surface area contributed by atoms with Gasteiger partial charge in [0.2, 0.25) is 5.88 Å². The summed E-state index contributed by atoms with van der Waals surface area (Å²) in [6.45, 7) is 0.638. The molecule has 2 aromatic heterocycles. The molecule has 0 bridgehead atoms. The molecule has 0 saturated carbocycles. The Morgan fingerprint density at radius 2 is 2.35 bits per heavy atom. The van der Waals surface area contributed by atoms with Crippen LogP contribution in [0.25, 0.3) is 4.96 Å². The van der Waals surface area contributed by atoms with E-state index < -0.39 is 0 Å². The minimum Gasteiger partial charge on any atom is -0.480 e.